The van der Waals surface area contributed by atoms with E-state index in [2.05, 4.69) is 10.6 Å². The molecule has 0 saturated carbocycles. The Labute approximate surface area is 213 Å². The standard InChI is InChI=1S/C27H26N2O8/c1-34-21-12-11-18(27(32)33)15-19(21)28-26(31)20(29-25(30)16-8-6-5-7-9-16)14-17-10-13-22(35-2)24(37-4)23(17)36-3/h5-15H,1-4H3,(H,28,31)(H,29,30)(H,32,33)/b20-14+. The van der Waals surface area contributed by atoms with E-state index in [4.69, 9.17) is 18.9 Å². The summed E-state index contributed by atoms with van der Waals surface area (Å²) in [5.74, 6) is -1.24. The Bertz CT molecular complexity index is 1340. The van der Waals surface area contributed by atoms with Gasteiger partial charge in [-0.25, -0.2) is 4.79 Å². The maximum atomic E-state index is 13.4. The van der Waals surface area contributed by atoms with Crippen molar-refractivity contribution in [2.24, 2.45) is 0 Å². The van der Waals surface area contributed by atoms with E-state index in [1.54, 1.807) is 42.5 Å². The van der Waals surface area contributed by atoms with Gasteiger partial charge >= 0.3 is 5.97 Å². The van der Waals surface area contributed by atoms with E-state index >= 15 is 0 Å². The molecular weight excluding hydrogens is 480 g/mol. The number of hydrogen-bond acceptors (Lipinski definition) is 7. The van der Waals surface area contributed by atoms with Crippen LogP contribution in [0, 0.1) is 0 Å². The quantitative estimate of drug-likeness (QED) is 0.354. The molecule has 0 spiro atoms. The molecule has 0 unspecified atom stereocenters. The van der Waals surface area contributed by atoms with Crippen LogP contribution in [0.15, 0.2) is 66.4 Å². The van der Waals surface area contributed by atoms with Gasteiger partial charge in [-0.2, -0.15) is 0 Å². The minimum Gasteiger partial charge on any atom is -0.495 e. The monoisotopic (exact) mass is 506 g/mol. The van der Waals surface area contributed by atoms with Crippen LogP contribution in [0.1, 0.15) is 26.3 Å². The van der Waals surface area contributed by atoms with Crippen LogP contribution < -0.4 is 29.6 Å². The molecule has 10 heteroatoms. The summed E-state index contributed by atoms with van der Waals surface area (Å²) in [4.78, 5) is 37.8. The number of hydrogen-bond donors (Lipinski definition) is 3. The zero-order valence-corrected chi connectivity index (χ0v) is 20.7. The number of nitrogens with one attached hydrogen (secondary N) is 2. The molecule has 2 amide bonds. The molecule has 0 heterocycles. The SMILES string of the molecule is COc1ccc(C(=O)O)cc1NC(=O)/C(=C\c1ccc(OC)c(OC)c1OC)NC(=O)c1ccccc1. The number of ether oxygens (including phenoxy) is 4. The third-order valence-corrected chi connectivity index (χ3v) is 5.26. The van der Waals surface area contributed by atoms with E-state index in [9.17, 15) is 19.5 Å². The van der Waals surface area contributed by atoms with E-state index in [0.29, 0.717) is 22.6 Å². The molecule has 0 bridgehead atoms. The van der Waals surface area contributed by atoms with Gasteiger partial charge in [0.15, 0.2) is 11.5 Å². The highest BCUT2D eigenvalue weighted by molar-refractivity contribution is 6.11. The second-order valence-electron chi connectivity index (χ2n) is 7.48. The van der Waals surface area contributed by atoms with E-state index in [1.165, 1.54) is 52.7 Å². The molecule has 0 fully saturated rings. The number of benzene rings is 3. The van der Waals surface area contributed by atoms with Crippen molar-refractivity contribution in [3.05, 3.63) is 83.1 Å². The van der Waals surface area contributed by atoms with Crippen LogP contribution in [0.3, 0.4) is 0 Å². The van der Waals surface area contributed by atoms with Crippen molar-refractivity contribution in [3.8, 4) is 23.0 Å². The molecule has 3 aromatic carbocycles. The number of carbonyl (C=O) groups is 3. The zero-order valence-electron chi connectivity index (χ0n) is 20.7. The van der Waals surface area contributed by atoms with E-state index in [1.807, 2.05) is 0 Å². The van der Waals surface area contributed by atoms with Crippen LogP contribution in [0.4, 0.5) is 5.69 Å². The van der Waals surface area contributed by atoms with Gasteiger partial charge in [0.05, 0.1) is 39.7 Å². The maximum Gasteiger partial charge on any atom is 0.335 e. The van der Waals surface area contributed by atoms with Crippen molar-refractivity contribution in [2.75, 3.05) is 33.8 Å². The van der Waals surface area contributed by atoms with Crippen LogP contribution in [-0.4, -0.2) is 51.3 Å². The number of carbonyl (C=O) groups excluding carboxylic acids is 2. The van der Waals surface area contributed by atoms with Gasteiger partial charge in [-0.3, -0.25) is 9.59 Å². The highest BCUT2D eigenvalue weighted by atomic mass is 16.5. The first-order valence-electron chi connectivity index (χ1n) is 10.9. The first-order valence-corrected chi connectivity index (χ1v) is 10.9. The van der Waals surface area contributed by atoms with Crippen molar-refractivity contribution in [1.82, 2.24) is 5.32 Å². The van der Waals surface area contributed by atoms with Crippen LogP contribution >= 0.6 is 0 Å². The molecule has 0 aliphatic heterocycles. The number of aromatic carboxylic acids is 1. The maximum absolute atomic E-state index is 13.4. The summed E-state index contributed by atoms with van der Waals surface area (Å²) in [5, 5.41) is 14.6. The number of carboxylic acids is 1. The zero-order chi connectivity index (χ0) is 26.9. The van der Waals surface area contributed by atoms with Gasteiger partial charge in [0.25, 0.3) is 11.8 Å². The molecule has 0 aliphatic carbocycles. The molecule has 0 aromatic heterocycles. The van der Waals surface area contributed by atoms with Crippen LogP contribution in [-0.2, 0) is 4.79 Å². The van der Waals surface area contributed by atoms with Crippen LogP contribution in [0.2, 0.25) is 0 Å². The molecule has 192 valence electrons. The summed E-state index contributed by atoms with van der Waals surface area (Å²) in [5.41, 5.74) is 0.626. The van der Waals surface area contributed by atoms with Gasteiger partial charge in [-0.1, -0.05) is 18.2 Å². The molecule has 3 aromatic rings. The van der Waals surface area contributed by atoms with Gasteiger partial charge in [0.1, 0.15) is 11.4 Å². The minimum absolute atomic E-state index is 0.0588. The summed E-state index contributed by atoms with van der Waals surface area (Å²) >= 11 is 0. The minimum atomic E-state index is -1.18. The third kappa shape index (κ3) is 6.17. The topological polar surface area (TPSA) is 132 Å². The molecular formula is C27H26N2O8. The van der Waals surface area contributed by atoms with Gasteiger partial charge < -0.3 is 34.7 Å². The summed E-state index contributed by atoms with van der Waals surface area (Å²) in [6, 6.07) is 15.6. The highest BCUT2D eigenvalue weighted by Crippen LogP contribution is 2.40. The number of carboxylic acid groups (broad SMARTS) is 1. The lowest BCUT2D eigenvalue weighted by Gasteiger charge is -2.16. The Hall–Kier alpha value is -4.99. The second-order valence-corrected chi connectivity index (χ2v) is 7.48. The Morgan fingerprint density at radius 3 is 2.00 bits per heavy atom. The number of methoxy groups -OCH3 is 4. The van der Waals surface area contributed by atoms with Gasteiger partial charge in [-0.15, -0.1) is 0 Å². The summed E-state index contributed by atoms with van der Waals surface area (Å²) in [6.07, 6.45) is 1.41. The average Bonchev–Trinajstić information content (AvgIpc) is 2.92. The number of anilines is 1. The van der Waals surface area contributed by atoms with Gasteiger partial charge in [0.2, 0.25) is 5.75 Å². The predicted molar refractivity (Wildman–Crippen MR) is 137 cm³/mol. The fourth-order valence-electron chi connectivity index (χ4n) is 3.46. The van der Waals surface area contributed by atoms with Gasteiger partial charge in [-0.05, 0) is 48.5 Å². The Morgan fingerprint density at radius 1 is 0.757 bits per heavy atom. The van der Waals surface area contributed by atoms with Crippen LogP contribution in [0.5, 0.6) is 23.0 Å². The molecule has 0 saturated heterocycles. The smallest absolute Gasteiger partial charge is 0.335 e. The summed E-state index contributed by atoms with van der Waals surface area (Å²) < 4.78 is 21.5. The molecule has 10 nitrogen and oxygen atoms in total. The Balaban J connectivity index is 2.09. The Kier molecular flexibility index (Phi) is 8.71. The Morgan fingerprint density at radius 2 is 1.41 bits per heavy atom. The summed E-state index contributed by atoms with van der Waals surface area (Å²) in [7, 11) is 5.73. The molecule has 0 atom stereocenters. The number of rotatable bonds is 10. The lowest BCUT2D eigenvalue weighted by Crippen LogP contribution is -2.31. The van der Waals surface area contributed by atoms with Crippen molar-refractivity contribution in [1.29, 1.82) is 0 Å². The predicted octanol–water partition coefficient (Wildman–Crippen LogP) is 3.83. The first kappa shape index (κ1) is 26.6. The van der Waals surface area contributed by atoms with Gasteiger partial charge in [0, 0.05) is 11.1 Å². The molecule has 0 radical (unpaired) electrons. The largest absolute Gasteiger partial charge is 0.495 e. The molecule has 3 rings (SSSR count). The van der Waals surface area contributed by atoms with E-state index in [-0.39, 0.29) is 28.4 Å². The van der Waals surface area contributed by atoms with E-state index in [0.717, 1.165) is 0 Å². The molecule has 3 N–H and O–H groups in total. The fourth-order valence-corrected chi connectivity index (χ4v) is 3.46. The lowest BCUT2D eigenvalue weighted by atomic mass is 10.1. The van der Waals surface area contributed by atoms with Crippen molar-refractivity contribution in [3.63, 3.8) is 0 Å². The molecule has 0 aliphatic rings. The van der Waals surface area contributed by atoms with Crippen molar-refractivity contribution in [2.45, 2.75) is 0 Å². The number of amides is 2. The fraction of sp³-hybridized carbons (Fsp3) is 0.148. The van der Waals surface area contributed by atoms with Crippen LogP contribution in [0.25, 0.3) is 6.08 Å². The molecule has 37 heavy (non-hydrogen) atoms. The lowest BCUT2D eigenvalue weighted by molar-refractivity contribution is -0.113. The third-order valence-electron chi connectivity index (χ3n) is 5.26. The first-order chi connectivity index (χ1) is 17.8. The van der Waals surface area contributed by atoms with Crippen molar-refractivity contribution >= 4 is 29.5 Å². The van der Waals surface area contributed by atoms with E-state index < -0.39 is 17.8 Å². The average molecular weight is 507 g/mol. The van der Waals surface area contributed by atoms with Crippen molar-refractivity contribution < 1.29 is 38.4 Å². The second kappa shape index (κ2) is 12.1. The normalized spacial score (nSPS) is 10.8. The summed E-state index contributed by atoms with van der Waals surface area (Å²) in [6.45, 7) is 0. The highest BCUT2D eigenvalue weighted by Gasteiger charge is 2.21.